The molecule has 106 valence electrons. The molecule has 5 nitrogen and oxygen atoms in total. The Kier molecular flexibility index (Phi) is 4.52. The van der Waals surface area contributed by atoms with Crippen molar-refractivity contribution in [2.24, 2.45) is 0 Å². The number of hydrogen-bond acceptors (Lipinski definition) is 4. The second kappa shape index (κ2) is 6.53. The Hall–Kier alpha value is -2.87. The highest BCUT2D eigenvalue weighted by molar-refractivity contribution is 5.55. The normalized spacial score (nSPS) is 9.90. The largest absolute Gasteiger partial charge is 0.384 e. The lowest BCUT2D eigenvalue weighted by molar-refractivity contribution is -0.384. The minimum atomic E-state index is -0.404. The molecule has 0 aromatic heterocycles. The number of hydrogen-bond donors (Lipinski definition) is 1. The molecule has 0 bridgehead atoms. The topological polar surface area (TPSA) is 79.0 Å². The van der Waals surface area contributed by atoms with Crippen molar-refractivity contribution in [2.75, 3.05) is 11.9 Å². The molecule has 0 aliphatic heterocycles. The summed E-state index contributed by atoms with van der Waals surface area (Å²) in [6, 6.07) is 14.2. The molecule has 5 heteroatoms. The van der Waals surface area contributed by atoms with Gasteiger partial charge in [-0.05, 0) is 36.6 Å². The first-order valence-corrected chi connectivity index (χ1v) is 6.58. The second-order valence-electron chi connectivity index (χ2n) is 4.74. The number of nitrogens with zero attached hydrogens (tertiary/aromatic N) is 2. The maximum atomic E-state index is 10.6. The molecule has 2 aromatic carbocycles. The van der Waals surface area contributed by atoms with E-state index in [1.54, 1.807) is 18.2 Å². The van der Waals surface area contributed by atoms with Crippen molar-refractivity contribution in [3.05, 3.63) is 69.3 Å². The van der Waals surface area contributed by atoms with Crippen LogP contribution in [-0.4, -0.2) is 11.5 Å². The first-order chi connectivity index (χ1) is 10.1. The van der Waals surface area contributed by atoms with Crippen molar-refractivity contribution in [2.45, 2.75) is 13.3 Å². The fourth-order valence-electron chi connectivity index (χ4n) is 2.01. The average molecular weight is 281 g/mol. The summed E-state index contributed by atoms with van der Waals surface area (Å²) < 4.78 is 0. The predicted octanol–water partition coefficient (Wildman–Crippen LogP) is 3.43. The number of nitro groups is 1. The highest BCUT2D eigenvalue weighted by atomic mass is 16.6. The van der Waals surface area contributed by atoms with E-state index in [1.807, 2.05) is 19.1 Å². The van der Waals surface area contributed by atoms with Gasteiger partial charge in [-0.1, -0.05) is 18.2 Å². The monoisotopic (exact) mass is 281 g/mol. The molecule has 0 unspecified atom stereocenters. The molecule has 2 rings (SSSR count). The predicted molar refractivity (Wildman–Crippen MR) is 81.2 cm³/mol. The Labute approximate surface area is 123 Å². The maximum Gasteiger partial charge on any atom is 0.269 e. The Bertz CT molecular complexity index is 688. The van der Waals surface area contributed by atoms with Gasteiger partial charge in [0.1, 0.15) is 0 Å². The van der Waals surface area contributed by atoms with E-state index in [1.165, 1.54) is 12.1 Å². The molecule has 0 saturated heterocycles. The van der Waals surface area contributed by atoms with Crippen molar-refractivity contribution < 1.29 is 4.92 Å². The smallest absolute Gasteiger partial charge is 0.269 e. The van der Waals surface area contributed by atoms with Crippen LogP contribution in [-0.2, 0) is 6.42 Å². The third kappa shape index (κ3) is 3.80. The fraction of sp³-hybridized carbons (Fsp3) is 0.188. The van der Waals surface area contributed by atoms with Gasteiger partial charge in [0.05, 0.1) is 16.6 Å². The van der Waals surface area contributed by atoms with Gasteiger partial charge in [0, 0.05) is 24.4 Å². The molecule has 1 N–H and O–H groups in total. The van der Waals surface area contributed by atoms with E-state index in [0.29, 0.717) is 12.1 Å². The lowest BCUT2D eigenvalue weighted by Gasteiger charge is -2.09. The summed E-state index contributed by atoms with van der Waals surface area (Å²) in [6.45, 7) is 2.68. The minimum Gasteiger partial charge on any atom is -0.384 e. The molecule has 2 aromatic rings. The molecule has 0 atom stereocenters. The summed E-state index contributed by atoms with van der Waals surface area (Å²) in [5, 5.41) is 22.8. The lowest BCUT2D eigenvalue weighted by atomic mass is 10.1. The van der Waals surface area contributed by atoms with Gasteiger partial charge in [-0.3, -0.25) is 10.1 Å². The fourth-order valence-corrected chi connectivity index (χ4v) is 2.01. The van der Waals surface area contributed by atoms with Gasteiger partial charge in [-0.15, -0.1) is 0 Å². The summed E-state index contributed by atoms with van der Waals surface area (Å²) in [4.78, 5) is 10.2. The quantitative estimate of drug-likeness (QED) is 0.672. The van der Waals surface area contributed by atoms with Crippen LogP contribution in [0.1, 0.15) is 16.7 Å². The highest BCUT2D eigenvalue weighted by Gasteiger charge is 2.04. The van der Waals surface area contributed by atoms with Gasteiger partial charge in [0.25, 0.3) is 5.69 Å². The van der Waals surface area contributed by atoms with E-state index in [4.69, 9.17) is 5.26 Å². The van der Waals surface area contributed by atoms with Crippen molar-refractivity contribution in [3.8, 4) is 6.07 Å². The lowest BCUT2D eigenvalue weighted by Crippen LogP contribution is -2.06. The van der Waals surface area contributed by atoms with Gasteiger partial charge in [0.15, 0.2) is 0 Å². The zero-order chi connectivity index (χ0) is 15.2. The molecular weight excluding hydrogens is 266 g/mol. The van der Waals surface area contributed by atoms with E-state index >= 15 is 0 Å². The number of non-ortho nitro benzene ring substituents is 1. The van der Waals surface area contributed by atoms with Gasteiger partial charge in [-0.25, -0.2) is 0 Å². The van der Waals surface area contributed by atoms with Crippen molar-refractivity contribution in [3.63, 3.8) is 0 Å². The van der Waals surface area contributed by atoms with Crippen LogP contribution in [0, 0.1) is 28.4 Å². The van der Waals surface area contributed by atoms with Gasteiger partial charge < -0.3 is 5.32 Å². The SMILES string of the molecule is Cc1ccc(C#N)cc1NCCc1ccc([N+](=O)[O-])cc1. The second-order valence-corrected chi connectivity index (χ2v) is 4.74. The van der Waals surface area contributed by atoms with Crippen LogP contribution in [0.3, 0.4) is 0 Å². The van der Waals surface area contributed by atoms with E-state index in [-0.39, 0.29) is 5.69 Å². The van der Waals surface area contributed by atoms with Crippen LogP contribution in [0.5, 0.6) is 0 Å². The zero-order valence-electron chi connectivity index (χ0n) is 11.7. The van der Waals surface area contributed by atoms with Crippen LogP contribution in [0.25, 0.3) is 0 Å². The summed E-state index contributed by atoms with van der Waals surface area (Å²) in [7, 11) is 0. The molecule has 0 heterocycles. The molecule has 0 amide bonds. The first-order valence-electron chi connectivity index (χ1n) is 6.58. The van der Waals surface area contributed by atoms with Crippen molar-refractivity contribution in [1.29, 1.82) is 5.26 Å². The number of nitrogens with one attached hydrogen (secondary N) is 1. The first kappa shape index (κ1) is 14.5. The average Bonchev–Trinajstić information content (AvgIpc) is 2.49. The van der Waals surface area contributed by atoms with Crippen LogP contribution in [0.15, 0.2) is 42.5 Å². The zero-order valence-corrected chi connectivity index (χ0v) is 11.7. The number of rotatable bonds is 5. The highest BCUT2D eigenvalue weighted by Crippen LogP contribution is 2.17. The van der Waals surface area contributed by atoms with Crippen LogP contribution in [0.2, 0.25) is 0 Å². The van der Waals surface area contributed by atoms with Crippen molar-refractivity contribution in [1.82, 2.24) is 0 Å². The van der Waals surface area contributed by atoms with Crippen LogP contribution in [0.4, 0.5) is 11.4 Å². The minimum absolute atomic E-state index is 0.101. The number of nitro benzene ring substituents is 1. The molecular formula is C16H15N3O2. The van der Waals surface area contributed by atoms with E-state index < -0.39 is 4.92 Å². The molecule has 0 radical (unpaired) electrons. The van der Waals surface area contributed by atoms with E-state index in [2.05, 4.69) is 11.4 Å². The molecule has 0 fully saturated rings. The van der Waals surface area contributed by atoms with E-state index in [9.17, 15) is 10.1 Å². The molecule has 0 aliphatic carbocycles. The van der Waals surface area contributed by atoms with Crippen LogP contribution < -0.4 is 5.32 Å². The van der Waals surface area contributed by atoms with Crippen molar-refractivity contribution >= 4 is 11.4 Å². The van der Waals surface area contributed by atoms with Crippen LogP contribution >= 0.6 is 0 Å². The Morgan fingerprint density at radius 1 is 1.24 bits per heavy atom. The maximum absolute atomic E-state index is 10.6. The Morgan fingerprint density at radius 2 is 1.95 bits per heavy atom. The van der Waals surface area contributed by atoms with Gasteiger partial charge in [0.2, 0.25) is 0 Å². The van der Waals surface area contributed by atoms with Gasteiger partial charge >= 0.3 is 0 Å². The standard InChI is InChI=1S/C16H15N3O2/c1-12-2-3-14(11-17)10-16(12)18-9-8-13-4-6-15(7-5-13)19(20)21/h2-7,10,18H,8-9H2,1H3. The third-order valence-corrected chi connectivity index (χ3v) is 3.24. The number of anilines is 1. The third-order valence-electron chi connectivity index (χ3n) is 3.24. The molecule has 21 heavy (non-hydrogen) atoms. The molecule has 0 spiro atoms. The molecule has 0 aliphatic rings. The summed E-state index contributed by atoms with van der Waals surface area (Å²) in [5.41, 5.74) is 3.78. The summed E-state index contributed by atoms with van der Waals surface area (Å²) in [5.74, 6) is 0. The number of aryl methyl sites for hydroxylation is 1. The van der Waals surface area contributed by atoms with E-state index in [0.717, 1.165) is 23.2 Å². The number of benzene rings is 2. The summed E-state index contributed by atoms with van der Waals surface area (Å²) >= 11 is 0. The number of nitriles is 1. The molecule has 0 saturated carbocycles. The Morgan fingerprint density at radius 3 is 2.57 bits per heavy atom. The Balaban J connectivity index is 1.95. The van der Waals surface area contributed by atoms with Gasteiger partial charge in [-0.2, -0.15) is 5.26 Å². The summed E-state index contributed by atoms with van der Waals surface area (Å²) in [6.07, 6.45) is 0.758.